The largest absolute Gasteiger partial charge is 0.327 e. The van der Waals surface area contributed by atoms with Crippen LogP contribution in [0.4, 0.5) is 0 Å². The zero-order chi connectivity index (χ0) is 12.3. The van der Waals surface area contributed by atoms with Gasteiger partial charge in [-0.25, -0.2) is 0 Å². The molecule has 1 aliphatic heterocycles. The molecular weight excluding hydrogens is 267 g/mol. The normalized spacial score (nSPS) is 20.5. The molecule has 0 bridgehead atoms. The molecule has 0 aromatic heterocycles. The van der Waals surface area contributed by atoms with E-state index >= 15 is 0 Å². The molecule has 0 aliphatic carbocycles. The van der Waals surface area contributed by atoms with Crippen LogP contribution in [0.3, 0.4) is 0 Å². The Morgan fingerprint density at radius 3 is 2.89 bits per heavy atom. The highest BCUT2D eigenvalue weighted by molar-refractivity contribution is 6.31. The summed E-state index contributed by atoms with van der Waals surface area (Å²) < 4.78 is 0. The molecule has 2 rings (SSSR count). The fourth-order valence-corrected chi connectivity index (χ4v) is 2.82. The average Bonchev–Trinajstić information content (AvgIpc) is 2.32. The third-order valence-corrected chi connectivity index (χ3v) is 3.87. The summed E-state index contributed by atoms with van der Waals surface area (Å²) in [5, 5.41) is 0.892. The fraction of sp³-hybridized carbons (Fsp3) is 0.571. The van der Waals surface area contributed by atoms with Gasteiger partial charge in [-0.2, -0.15) is 0 Å². The second kappa shape index (κ2) is 7.34. The molecule has 1 aliphatic rings. The lowest BCUT2D eigenvalue weighted by atomic mass is 10.0. The first-order valence-electron chi connectivity index (χ1n) is 6.45. The number of nitrogens with two attached hydrogens (primary N) is 1. The van der Waals surface area contributed by atoms with Crippen LogP contribution < -0.4 is 5.73 Å². The summed E-state index contributed by atoms with van der Waals surface area (Å²) in [6.07, 6.45) is 3.39. The Kier molecular flexibility index (Phi) is 6.44. The van der Waals surface area contributed by atoms with E-state index in [2.05, 4.69) is 17.9 Å². The number of rotatable bonds is 3. The van der Waals surface area contributed by atoms with Crippen LogP contribution in [0.15, 0.2) is 18.2 Å². The Hall–Kier alpha value is -0.280. The molecular formula is C14H22Cl2N2. The lowest BCUT2D eigenvalue weighted by molar-refractivity contribution is 0.201. The highest BCUT2D eigenvalue weighted by Crippen LogP contribution is 2.23. The number of hydrogen-bond donors (Lipinski definition) is 1. The Balaban J connectivity index is 0.00000162. The van der Waals surface area contributed by atoms with Gasteiger partial charge in [0.25, 0.3) is 0 Å². The molecule has 1 fully saturated rings. The first-order chi connectivity index (χ1) is 8.20. The molecule has 1 atom stereocenters. The third-order valence-electron chi connectivity index (χ3n) is 3.52. The zero-order valence-electron chi connectivity index (χ0n) is 10.9. The van der Waals surface area contributed by atoms with Gasteiger partial charge in [0, 0.05) is 24.2 Å². The minimum absolute atomic E-state index is 0. The van der Waals surface area contributed by atoms with Crippen molar-refractivity contribution in [3.63, 3.8) is 0 Å². The molecule has 4 heteroatoms. The number of halogens is 2. The van der Waals surface area contributed by atoms with E-state index in [0.29, 0.717) is 6.04 Å². The Morgan fingerprint density at radius 2 is 2.22 bits per heavy atom. The maximum atomic E-state index is 6.31. The van der Waals surface area contributed by atoms with Crippen LogP contribution >= 0.6 is 24.0 Å². The van der Waals surface area contributed by atoms with Gasteiger partial charge < -0.3 is 5.73 Å². The molecule has 1 unspecified atom stereocenters. The smallest absolute Gasteiger partial charge is 0.0453 e. The van der Waals surface area contributed by atoms with Gasteiger partial charge in [0.05, 0.1) is 0 Å². The minimum atomic E-state index is 0. The highest BCUT2D eigenvalue weighted by atomic mass is 35.5. The second-order valence-electron chi connectivity index (χ2n) is 4.87. The van der Waals surface area contributed by atoms with Crippen molar-refractivity contribution in [3.05, 3.63) is 34.3 Å². The van der Waals surface area contributed by atoms with Gasteiger partial charge in [-0.1, -0.05) is 30.7 Å². The van der Waals surface area contributed by atoms with Crippen LogP contribution in [0.5, 0.6) is 0 Å². The molecule has 0 amide bonds. The first kappa shape index (κ1) is 15.8. The average molecular weight is 289 g/mol. The van der Waals surface area contributed by atoms with Gasteiger partial charge in [-0.3, -0.25) is 4.90 Å². The summed E-state index contributed by atoms with van der Waals surface area (Å²) in [5.41, 5.74) is 8.65. The molecule has 0 radical (unpaired) electrons. The predicted octanol–water partition coefficient (Wildman–Crippen LogP) is 3.25. The van der Waals surface area contributed by atoms with Gasteiger partial charge in [-0.05, 0) is 43.0 Å². The Bertz CT molecular complexity index is 382. The molecule has 1 aromatic rings. The number of nitrogens with zero attached hydrogens (tertiary/aromatic N) is 1. The quantitative estimate of drug-likeness (QED) is 0.925. The van der Waals surface area contributed by atoms with Crippen LogP contribution in [0.2, 0.25) is 5.02 Å². The molecule has 1 saturated heterocycles. The van der Waals surface area contributed by atoms with Crippen molar-refractivity contribution in [3.8, 4) is 0 Å². The van der Waals surface area contributed by atoms with Gasteiger partial charge in [0.2, 0.25) is 0 Å². The molecule has 2 N–H and O–H groups in total. The summed E-state index contributed by atoms with van der Waals surface area (Å²) in [6, 6.07) is 6.52. The van der Waals surface area contributed by atoms with Crippen molar-refractivity contribution >= 4 is 24.0 Å². The predicted molar refractivity (Wildman–Crippen MR) is 80.6 cm³/mol. The number of hydrogen-bond acceptors (Lipinski definition) is 2. The van der Waals surface area contributed by atoms with Crippen LogP contribution in [0, 0.1) is 0 Å². The maximum Gasteiger partial charge on any atom is 0.0453 e. The number of piperidine rings is 1. The molecule has 1 heterocycles. The van der Waals surface area contributed by atoms with Crippen molar-refractivity contribution in [1.82, 2.24) is 4.90 Å². The van der Waals surface area contributed by atoms with Crippen molar-refractivity contribution in [2.75, 3.05) is 13.1 Å². The van der Waals surface area contributed by atoms with E-state index in [9.17, 15) is 0 Å². The second-order valence-corrected chi connectivity index (χ2v) is 5.28. The molecule has 102 valence electrons. The topological polar surface area (TPSA) is 29.3 Å². The molecule has 0 spiro atoms. The maximum absolute atomic E-state index is 6.31. The lowest BCUT2D eigenvalue weighted by Gasteiger charge is -2.31. The zero-order valence-corrected chi connectivity index (χ0v) is 12.4. The summed E-state index contributed by atoms with van der Waals surface area (Å²) >= 11 is 6.31. The van der Waals surface area contributed by atoms with E-state index in [1.807, 2.05) is 12.1 Å². The summed E-state index contributed by atoms with van der Waals surface area (Å²) in [6.45, 7) is 5.25. The van der Waals surface area contributed by atoms with Crippen LogP contribution in [0.25, 0.3) is 0 Å². The van der Waals surface area contributed by atoms with Gasteiger partial charge >= 0.3 is 0 Å². The Labute approximate surface area is 121 Å². The van der Waals surface area contributed by atoms with Crippen LogP contribution in [-0.2, 0) is 13.0 Å². The number of aryl methyl sites for hydroxylation is 1. The van der Waals surface area contributed by atoms with Gasteiger partial charge in [0.15, 0.2) is 0 Å². The van der Waals surface area contributed by atoms with E-state index < -0.39 is 0 Å². The van der Waals surface area contributed by atoms with Crippen LogP contribution in [-0.4, -0.2) is 24.0 Å². The van der Waals surface area contributed by atoms with Crippen molar-refractivity contribution in [2.24, 2.45) is 5.73 Å². The van der Waals surface area contributed by atoms with Gasteiger partial charge in [-0.15, -0.1) is 12.4 Å². The van der Waals surface area contributed by atoms with E-state index in [4.69, 9.17) is 17.3 Å². The van der Waals surface area contributed by atoms with Gasteiger partial charge in [0.1, 0.15) is 0 Å². The summed E-state index contributed by atoms with van der Waals surface area (Å²) in [5.74, 6) is 0. The van der Waals surface area contributed by atoms with E-state index in [1.165, 1.54) is 17.5 Å². The molecule has 18 heavy (non-hydrogen) atoms. The minimum Gasteiger partial charge on any atom is -0.327 e. The monoisotopic (exact) mass is 288 g/mol. The standard InChI is InChI=1S/C14H21ClN2.ClH/c1-2-11-5-3-7-14(15)13(11)10-17-8-4-6-12(16)9-17;/h3,5,7,12H,2,4,6,8-10,16H2,1H3;1H. The summed E-state index contributed by atoms with van der Waals surface area (Å²) in [4.78, 5) is 2.43. The first-order valence-corrected chi connectivity index (χ1v) is 6.82. The van der Waals surface area contributed by atoms with Crippen molar-refractivity contribution in [1.29, 1.82) is 0 Å². The SMILES string of the molecule is CCc1cccc(Cl)c1CN1CCCC(N)C1.Cl. The van der Waals surface area contributed by atoms with Crippen molar-refractivity contribution < 1.29 is 0 Å². The number of benzene rings is 1. The molecule has 2 nitrogen and oxygen atoms in total. The van der Waals surface area contributed by atoms with Crippen molar-refractivity contribution in [2.45, 2.75) is 38.8 Å². The molecule has 0 saturated carbocycles. The third kappa shape index (κ3) is 3.86. The Morgan fingerprint density at radius 1 is 1.44 bits per heavy atom. The molecule has 1 aromatic carbocycles. The number of likely N-dealkylation sites (tertiary alicyclic amines) is 1. The van der Waals surface area contributed by atoms with E-state index in [1.54, 1.807) is 0 Å². The highest BCUT2D eigenvalue weighted by Gasteiger charge is 2.18. The van der Waals surface area contributed by atoms with E-state index in [-0.39, 0.29) is 12.4 Å². The van der Waals surface area contributed by atoms with E-state index in [0.717, 1.165) is 37.5 Å². The fourth-order valence-electron chi connectivity index (χ4n) is 2.57. The van der Waals surface area contributed by atoms with Crippen LogP contribution in [0.1, 0.15) is 30.9 Å². The lowest BCUT2D eigenvalue weighted by Crippen LogP contribution is -2.42. The summed E-state index contributed by atoms with van der Waals surface area (Å²) in [7, 11) is 0.